The molecule has 0 aliphatic carbocycles. The molecule has 19 heavy (non-hydrogen) atoms. The van der Waals surface area contributed by atoms with Crippen molar-refractivity contribution in [2.24, 2.45) is 10.7 Å². The Labute approximate surface area is 108 Å². The molecule has 0 aromatic heterocycles. The van der Waals surface area contributed by atoms with Crippen LogP contribution in [-0.4, -0.2) is 30.3 Å². The highest BCUT2D eigenvalue weighted by Crippen LogP contribution is 2.29. The Kier molecular flexibility index (Phi) is 3.55. The van der Waals surface area contributed by atoms with Gasteiger partial charge in [-0.3, -0.25) is 4.99 Å². The molecule has 7 heteroatoms. The van der Waals surface area contributed by atoms with Crippen molar-refractivity contribution >= 4 is 5.96 Å². The average molecular weight is 273 g/mol. The molecule has 4 nitrogen and oxygen atoms in total. The Hall–Kier alpha value is -1.92. The maximum atomic E-state index is 12.2. The van der Waals surface area contributed by atoms with Gasteiger partial charge in [0.15, 0.2) is 5.96 Å². The van der Waals surface area contributed by atoms with Crippen molar-refractivity contribution in [1.82, 2.24) is 4.90 Å². The van der Waals surface area contributed by atoms with E-state index < -0.39 is 6.36 Å². The molecular formula is C12H14F3N3O. The number of aliphatic imine (C=N–C) groups is 1. The minimum Gasteiger partial charge on any atom is -0.406 e. The average Bonchev–Trinajstić information content (AvgIpc) is 2.68. The molecule has 0 saturated carbocycles. The van der Waals surface area contributed by atoms with Crippen molar-refractivity contribution in [2.45, 2.75) is 19.3 Å². The van der Waals surface area contributed by atoms with Crippen molar-refractivity contribution in [3.05, 3.63) is 29.8 Å². The van der Waals surface area contributed by atoms with Crippen LogP contribution in [-0.2, 0) is 0 Å². The predicted octanol–water partition coefficient (Wildman–Crippen LogP) is 2.28. The van der Waals surface area contributed by atoms with Crippen LogP contribution in [0.15, 0.2) is 29.3 Å². The number of nitrogens with two attached hydrogens (primary N) is 1. The van der Waals surface area contributed by atoms with E-state index in [-0.39, 0.29) is 11.8 Å². The molecule has 0 bridgehead atoms. The molecule has 0 spiro atoms. The highest BCUT2D eigenvalue weighted by atomic mass is 19.4. The maximum absolute atomic E-state index is 12.2. The second kappa shape index (κ2) is 4.99. The lowest BCUT2D eigenvalue weighted by atomic mass is 10.1. The summed E-state index contributed by atoms with van der Waals surface area (Å²) in [7, 11) is 0. The fourth-order valence-corrected chi connectivity index (χ4v) is 2.12. The summed E-state index contributed by atoms with van der Waals surface area (Å²) in [5.41, 5.74) is 6.42. The third kappa shape index (κ3) is 3.10. The number of ether oxygens (including phenoxy) is 1. The first kappa shape index (κ1) is 13.5. The number of likely N-dealkylation sites (N-methyl/N-ethyl adjacent to an activating group) is 1. The normalized spacial score (nSPS) is 19.5. The number of hydrogen-bond donors (Lipinski definition) is 1. The summed E-state index contributed by atoms with van der Waals surface area (Å²) in [6.07, 6.45) is -4.69. The number of nitrogens with zero attached hydrogens (tertiary/aromatic N) is 2. The van der Waals surface area contributed by atoms with Crippen LogP contribution >= 0.6 is 0 Å². The van der Waals surface area contributed by atoms with Gasteiger partial charge in [0.25, 0.3) is 0 Å². The van der Waals surface area contributed by atoms with Gasteiger partial charge in [0.1, 0.15) is 5.75 Å². The summed E-state index contributed by atoms with van der Waals surface area (Å²) in [5, 5.41) is 0. The lowest BCUT2D eigenvalue weighted by Crippen LogP contribution is -2.35. The van der Waals surface area contributed by atoms with Gasteiger partial charge in [0.05, 0.1) is 12.6 Å². The van der Waals surface area contributed by atoms with Crippen LogP contribution in [0.4, 0.5) is 13.2 Å². The van der Waals surface area contributed by atoms with E-state index in [2.05, 4.69) is 9.73 Å². The molecule has 2 rings (SSSR count). The number of guanidine groups is 1. The van der Waals surface area contributed by atoms with Crippen LogP contribution in [0, 0.1) is 0 Å². The van der Waals surface area contributed by atoms with Crippen LogP contribution in [0.25, 0.3) is 0 Å². The second-order valence-corrected chi connectivity index (χ2v) is 4.12. The monoisotopic (exact) mass is 273 g/mol. The number of hydrogen-bond acceptors (Lipinski definition) is 4. The minimum absolute atomic E-state index is 0.137. The Morgan fingerprint density at radius 3 is 2.84 bits per heavy atom. The molecule has 1 atom stereocenters. The molecule has 2 N–H and O–H groups in total. The Bertz CT molecular complexity index is 487. The van der Waals surface area contributed by atoms with E-state index >= 15 is 0 Å². The number of halogens is 3. The van der Waals surface area contributed by atoms with E-state index in [0.29, 0.717) is 24.6 Å². The first-order valence-electron chi connectivity index (χ1n) is 5.83. The lowest BCUT2D eigenvalue weighted by Gasteiger charge is -2.25. The third-order valence-corrected chi connectivity index (χ3v) is 2.91. The summed E-state index contributed by atoms with van der Waals surface area (Å²) < 4.78 is 40.5. The number of alkyl halides is 3. The molecule has 0 radical (unpaired) electrons. The summed E-state index contributed by atoms with van der Waals surface area (Å²) in [4.78, 5) is 5.95. The molecule has 1 heterocycles. The van der Waals surface area contributed by atoms with E-state index in [1.54, 1.807) is 6.07 Å². The molecule has 104 valence electrons. The molecule has 1 aromatic carbocycles. The third-order valence-electron chi connectivity index (χ3n) is 2.91. The van der Waals surface area contributed by atoms with Crippen molar-refractivity contribution in [3.8, 4) is 5.75 Å². The van der Waals surface area contributed by atoms with E-state index in [0.717, 1.165) is 0 Å². The van der Waals surface area contributed by atoms with Gasteiger partial charge in [-0.15, -0.1) is 13.2 Å². The second-order valence-electron chi connectivity index (χ2n) is 4.12. The maximum Gasteiger partial charge on any atom is 0.573 e. The van der Waals surface area contributed by atoms with Crippen LogP contribution in [0.2, 0.25) is 0 Å². The van der Waals surface area contributed by atoms with E-state index in [4.69, 9.17) is 5.73 Å². The molecule has 0 saturated heterocycles. The van der Waals surface area contributed by atoms with E-state index in [1.165, 1.54) is 18.2 Å². The molecule has 0 fully saturated rings. The highest BCUT2D eigenvalue weighted by molar-refractivity contribution is 5.80. The van der Waals surface area contributed by atoms with Crippen LogP contribution in [0.5, 0.6) is 5.75 Å². The minimum atomic E-state index is -4.69. The van der Waals surface area contributed by atoms with Gasteiger partial charge < -0.3 is 15.4 Å². The fourth-order valence-electron chi connectivity index (χ4n) is 2.12. The summed E-state index contributed by atoms with van der Waals surface area (Å²) in [6.45, 7) is 3.00. The van der Waals surface area contributed by atoms with Gasteiger partial charge >= 0.3 is 6.36 Å². The summed E-state index contributed by atoms with van der Waals surface area (Å²) in [6, 6.07) is 5.77. The van der Waals surface area contributed by atoms with Gasteiger partial charge in [-0.25, -0.2) is 0 Å². The summed E-state index contributed by atoms with van der Waals surface area (Å²) >= 11 is 0. The zero-order chi connectivity index (χ0) is 14.0. The SMILES string of the molecule is CCN1C(N)=NCC1c1cccc(OC(F)(F)F)c1. The largest absolute Gasteiger partial charge is 0.573 e. The van der Waals surface area contributed by atoms with Gasteiger partial charge in [0, 0.05) is 6.54 Å². The van der Waals surface area contributed by atoms with Gasteiger partial charge in [-0.05, 0) is 24.6 Å². The van der Waals surface area contributed by atoms with Gasteiger partial charge in [-0.2, -0.15) is 0 Å². The Morgan fingerprint density at radius 2 is 2.21 bits per heavy atom. The number of rotatable bonds is 3. The first-order valence-corrected chi connectivity index (χ1v) is 5.83. The topological polar surface area (TPSA) is 50.8 Å². The van der Waals surface area contributed by atoms with Crippen molar-refractivity contribution in [2.75, 3.05) is 13.1 Å². The van der Waals surface area contributed by atoms with Crippen molar-refractivity contribution in [3.63, 3.8) is 0 Å². The molecule has 1 aliphatic rings. The van der Waals surface area contributed by atoms with E-state index in [9.17, 15) is 13.2 Å². The first-order chi connectivity index (χ1) is 8.90. The molecule has 1 unspecified atom stereocenters. The lowest BCUT2D eigenvalue weighted by molar-refractivity contribution is -0.274. The number of benzene rings is 1. The summed E-state index contributed by atoms with van der Waals surface area (Å²) in [5.74, 6) is 0.182. The van der Waals surface area contributed by atoms with Crippen LogP contribution < -0.4 is 10.5 Å². The molecule has 1 aromatic rings. The van der Waals surface area contributed by atoms with Crippen molar-refractivity contribution < 1.29 is 17.9 Å². The van der Waals surface area contributed by atoms with Gasteiger partial charge in [-0.1, -0.05) is 12.1 Å². The predicted molar refractivity (Wildman–Crippen MR) is 64.7 cm³/mol. The smallest absolute Gasteiger partial charge is 0.406 e. The zero-order valence-electron chi connectivity index (χ0n) is 10.3. The van der Waals surface area contributed by atoms with E-state index in [1.807, 2.05) is 11.8 Å². The quantitative estimate of drug-likeness (QED) is 0.919. The fraction of sp³-hybridized carbons (Fsp3) is 0.417. The standard InChI is InChI=1S/C12H14F3N3O/c1-2-18-10(7-17-11(18)16)8-4-3-5-9(6-8)19-12(13,14)15/h3-6,10H,2,7H2,1H3,(H2,16,17). The molecule has 1 aliphatic heterocycles. The zero-order valence-corrected chi connectivity index (χ0v) is 10.3. The van der Waals surface area contributed by atoms with Gasteiger partial charge in [0.2, 0.25) is 0 Å². The molecular weight excluding hydrogens is 259 g/mol. The van der Waals surface area contributed by atoms with Crippen molar-refractivity contribution in [1.29, 1.82) is 0 Å². The Morgan fingerprint density at radius 1 is 1.47 bits per heavy atom. The van der Waals surface area contributed by atoms with Crippen LogP contribution in [0.3, 0.4) is 0 Å². The highest BCUT2D eigenvalue weighted by Gasteiger charge is 2.32. The van der Waals surface area contributed by atoms with Crippen LogP contribution in [0.1, 0.15) is 18.5 Å². The Balaban J connectivity index is 2.20. The molecule has 0 amide bonds.